The highest BCUT2D eigenvalue weighted by atomic mass is 16.4. The number of aromatic amines is 1. The summed E-state index contributed by atoms with van der Waals surface area (Å²) in [7, 11) is 0. The van der Waals surface area contributed by atoms with Crippen molar-refractivity contribution in [1.29, 1.82) is 0 Å². The number of pyridine rings is 1. The number of carboxylic acids is 1. The molecule has 0 fully saturated rings. The van der Waals surface area contributed by atoms with Crippen LogP contribution in [0.15, 0.2) is 18.5 Å². The topological polar surface area (TPSA) is 92.0 Å². The minimum atomic E-state index is -1.00. The SMILES string of the molecule is Nc1ncc(C(=O)O)c2cc[nH]c12. The lowest BCUT2D eigenvalue weighted by Crippen LogP contribution is -2.00. The van der Waals surface area contributed by atoms with Crippen LogP contribution in [0, 0.1) is 0 Å². The van der Waals surface area contributed by atoms with Crippen LogP contribution in [-0.4, -0.2) is 21.0 Å². The lowest BCUT2D eigenvalue weighted by molar-refractivity contribution is 0.0698. The van der Waals surface area contributed by atoms with Gasteiger partial charge in [-0.2, -0.15) is 0 Å². The lowest BCUT2D eigenvalue weighted by atomic mass is 10.2. The highest BCUT2D eigenvalue weighted by Gasteiger charge is 2.11. The van der Waals surface area contributed by atoms with E-state index in [-0.39, 0.29) is 5.56 Å². The summed E-state index contributed by atoms with van der Waals surface area (Å²) in [5, 5.41) is 9.38. The van der Waals surface area contributed by atoms with Crippen molar-refractivity contribution in [2.75, 3.05) is 5.73 Å². The average Bonchev–Trinajstić information content (AvgIpc) is 2.53. The third-order valence-electron chi connectivity index (χ3n) is 1.86. The first-order chi connectivity index (χ1) is 6.20. The molecule has 0 radical (unpaired) electrons. The largest absolute Gasteiger partial charge is 0.478 e. The maximum atomic E-state index is 10.7. The standard InChI is InChI=1S/C8H7N3O2/c9-7-6-4(1-2-10-6)5(3-11-7)8(12)13/h1-3,10H,(H2,9,11)(H,12,13). The van der Waals surface area contributed by atoms with Crippen LogP contribution in [0.4, 0.5) is 5.82 Å². The Hall–Kier alpha value is -2.04. The van der Waals surface area contributed by atoms with E-state index in [1.807, 2.05) is 0 Å². The summed E-state index contributed by atoms with van der Waals surface area (Å²) in [5.41, 5.74) is 6.26. The number of fused-ring (bicyclic) bond motifs is 1. The highest BCUT2D eigenvalue weighted by molar-refractivity contribution is 6.04. The molecule has 0 amide bonds. The molecule has 0 bridgehead atoms. The zero-order chi connectivity index (χ0) is 9.42. The van der Waals surface area contributed by atoms with Crippen molar-refractivity contribution in [1.82, 2.24) is 9.97 Å². The van der Waals surface area contributed by atoms with E-state index >= 15 is 0 Å². The zero-order valence-corrected chi connectivity index (χ0v) is 6.61. The second-order valence-electron chi connectivity index (χ2n) is 2.63. The normalized spacial score (nSPS) is 10.5. The number of nitrogens with two attached hydrogens (primary N) is 1. The number of hydrogen-bond acceptors (Lipinski definition) is 3. The van der Waals surface area contributed by atoms with Gasteiger partial charge in [0.15, 0.2) is 0 Å². The molecule has 0 aliphatic heterocycles. The fourth-order valence-electron chi connectivity index (χ4n) is 1.24. The van der Waals surface area contributed by atoms with Crippen molar-refractivity contribution in [3.05, 3.63) is 24.0 Å². The fourth-order valence-corrected chi connectivity index (χ4v) is 1.24. The van der Waals surface area contributed by atoms with Crippen molar-refractivity contribution in [2.24, 2.45) is 0 Å². The molecule has 0 aromatic carbocycles. The van der Waals surface area contributed by atoms with Crippen LogP contribution in [-0.2, 0) is 0 Å². The Kier molecular flexibility index (Phi) is 1.45. The molecule has 4 N–H and O–H groups in total. The number of H-pyrrole nitrogens is 1. The first-order valence-corrected chi connectivity index (χ1v) is 3.65. The number of nitrogens with one attached hydrogen (secondary N) is 1. The number of hydrogen-bond donors (Lipinski definition) is 3. The third kappa shape index (κ3) is 1.01. The van der Waals surface area contributed by atoms with E-state index in [4.69, 9.17) is 10.8 Å². The first-order valence-electron chi connectivity index (χ1n) is 3.65. The van der Waals surface area contributed by atoms with Gasteiger partial charge >= 0.3 is 5.97 Å². The van der Waals surface area contributed by atoms with Gasteiger partial charge in [0.25, 0.3) is 0 Å². The average molecular weight is 177 g/mol. The van der Waals surface area contributed by atoms with Crippen molar-refractivity contribution in [3.8, 4) is 0 Å². The Morgan fingerprint density at radius 3 is 3.08 bits per heavy atom. The molecule has 2 rings (SSSR count). The van der Waals surface area contributed by atoms with E-state index in [1.54, 1.807) is 12.3 Å². The molecule has 0 atom stereocenters. The number of aromatic carboxylic acids is 1. The monoisotopic (exact) mass is 177 g/mol. The Labute approximate surface area is 73.2 Å². The molecular formula is C8H7N3O2. The van der Waals surface area contributed by atoms with Crippen LogP contribution in [0.5, 0.6) is 0 Å². The molecule has 0 saturated heterocycles. The molecule has 2 aromatic heterocycles. The summed E-state index contributed by atoms with van der Waals surface area (Å²) in [4.78, 5) is 17.3. The van der Waals surface area contributed by atoms with Crippen LogP contribution < -0.4 is 5.73 Å². The van der Waals surface area contributed by atoms with Gasteiger partial charge in [-0.1, -0.05) is 0 Å². The van der Waals surface area contributed by atoms with E-state index in [9.17, 15) is 4.79 Å². The molecule has 0 unspecified atom stereocenters. The molecule has 5 heteroatoms. The Bertz CT molecular complexity index is 475. The highest BCUT2D eigenvalue weighted by Crippen LogP contribution is 2.20. The summed E-state index contributed by atoms with van der Waals surface area (Å²) >= 11 is 0. The predicted octanol–water partition coefficient (Wildman–Crippen LogP) is 0.843. The summed E-state index contributed by atoms with van der Waals surface area (Å²) in [6.45, 7) is 0. The molecule has 13 heavy (non-hydrogen) atoms. The minimum absolute atomic E-state index is 0.158. The smallest absolute Gasteiger partial charge is 0.337 e. The molecule has 5 nitrogen and oxygen atoms in total. The predicted molar refractivity (Wildman–Crippen MR) is 47.5 cm³/mol. The molecule has 0 aliphatic rings. The van der Waals surface area contributed by atoms with E-state index < -0.39 is 5.97 Å². The second-order valence-corrected chi connectivity index (χ2v) is 2.63. The maximum Gasteiger partial charge on any atom is 0.337 e. The molecule has 0 aliphatic carbocycles. The fraction of sp³-hybridized carbons (Fsp3) is 0. The third-order valence-corrected chi connectivity index (χ3v) is 1.86. The van der Waals surface area contributed by atoms with E-state index in [0.717, 1.165) is 0 Å². The lowest BCUT2D eigenvalue weighted by Gasteiger charge is -1.98. The van der Waals surface area contributed by atoms with Crippen LogP contribution in [0.3, 0.4) is 0 Å². The van der Waals surface area contributed by atoms with Crippen LogP contribution in [0.25, 0.3) is 10.9 Å². The summed E-state index contributed by atoms with van der Waals surface area (Å²) < 4.78 is 0. The van der Waals surface area contributed by atoms with Gasteiger partial charge in [0.05, 0.1) is 11.1 Å². The Morgan fingerprint density at radius 2 is 2.38 bits per heavy atom. The van der Waals surface area contributed by atoms with Gasteiger partial charge in [-0.05, 0) is 6.07 Å². The first kappa shape index (κ1) is 7.60. The van der Waals surface area contributed by atoms with Crippen LogP contribution in [0.2, 0.25) is 0 Å². The van der Waals surface area contributed by atoms with Crippen LogP contribution in [0.1, 0.15) is 10.4 Å². The number of carbonyl (C=O) groups is 1. The number of aromatic nitrogens is 2. The second kappa shape index (κ2) is 2.48. The van der Waals surface area contributed by atoms with Crippen molar-refractivity contribution >= 4 is 22.7 Å². The molecule has 0 saturated carbocycles. The Balaban J connectivity index is 2.86. The van der Waals surface area contributed by atoms with E-state index in [1.165, 1.54) is 6.20 Å². The van der Waals surface area contributed by atoms with Gasteiger partial charge in [0, 0.05) is 17.8 Å². The maximum absolute atomic E-state index is 10.7. The molecule has 2 aromatic rings. The van der Waals surface area contributed by atoms with Gasteiger partial charge in [0.2, 0.25) is 0 Å². The van der Waals surface area contributed by atoms with Gasteiger partial charge < -0.3 is 15.8 Å². The molecule has 66 valence electrons. The summed E-state index contributed by atoms with van der Waals surface area (Å²) in [6.07, 6.45) is 2.89. The number of carboxylic acid groups (broad SMARTS) is 1. The molecule has 0 spiro atoms. The number of rotatable bonds is 1. The van der Waals surface area contributed by atoms with Gasteiger partial charge in [-0.25, -0.2) is 9.78 Å². The summed E-state index contributed by atoms with van der Waals surface area (Å²) in [5.74, 6) is -0.692. The van der Waals surface area contributed by atoms with E-state index in [2.05, 4.69) is 9.97 Å². The van der Waals surface area contributed by atoms with Crippen LogP contribution >= 0.6 is 0 Å². The number of nitrogens with zero attached hydrogens (tertiary/aromatic N) is 1. The molecule has 2 heterocycles. The van der Waals surface area contributed by atoms with Gasteiger partial charge in [-0.3, -0.25) is 0 Å². The summed E-state index contributed by atoms with van der Waals surface area (Å²) in [6, 6.07) is 1.66. The minimum Gasteiger partial charge on any atom is -0.478 e. The van der Waals surface area contributed by atoms with Crippen molar-refractivity contribution < 1.29 is 9.90 Å². The molecular weight excluding hydrogens is 170 g/mol. The van der Waals surface area contributed by atoms with Gasteiger partial charge in [-0.15, -0.1) is 0 Å². The quantitative estimate of drug-likeness (QED) is 0.601. The zero-order valence-electron chi connectivity index (χ0n) is 6.61. The van der Waals surface area contributed by atoms with Crippen molar-refractivity contribution in [2.45, 2.75) is 0 Å². The van der Waals surface area contributed by atoms with E-state index in [0.29, 0.717) is 16.7 Å². The number of nitrogen functional groups attached to an aromatic ring is 1. The van der Waals surface area contributed by atoms with Gasteiger partial charge in [0.1, 0.15) is 5.82 Å². The number of anilines is 1. The Morgan fingerprint density at radius 1 is 1.62 bits per heavy atom. The van der Waals surface area contributed by atoms with Crippen molar-refractivity contribution in [3.63, 3.8) is 0 Å².